The summed E-state index contributed by atoms with van der Waals surface area (Å²) >= 11 is 1.68. The lowest BCUT2D eigenvalue weighted by molar-refractivity contribution is 0.0854. The zero-order chi connectivity index (χ0) is 15.5. The van der Waals surface area contributed by atoms with Crippen LogP contribution in [0, 0.1) is 12.8 Å². The van der Waals surface area contributed by atoms with Crippen LogP contribution in [0.1, 0.15) is 44.3 Å². The van der Waals surface area contributed by atoms with Crippen molar-refractivity contribution in [3.8, 4) is 0 Å². The van der Waals surface area contributed by atoms with Crippen LogP contribution >= 0.6 is 11.3 Å². The summed E-state index contributed by atoms with van der Waals surface area (Å²) in [6, 6.07) is 0. The van der Waals surface area contributed by atoms with Crippen molar-refractivity contribution in [2.24, 2.45) is 5.92 Å². The van der Waals surface area contributed by atoms with E-state index in [4.69, 9.17) is 0 Å². The molecule has 1 saturated heterocycles. The number of β-amino-alcohol motifs (C(OH)–C–C–N with tert-alkyl or cyclic N) is 1. The Bertz CT molecular complexity index is 438. The molecule has 0 aromatic carbocycles. The summed E-state index contributed by atoms with van der Waals surface area (Å²) in [6.45, 7) is 12.2. The smallest absolute Gasteiger partial charge is 0.112 e. The molecule has 1 aliphatic heterocycles. The quantitative estimate of drug-likeness (QED) is 0.847. The number of aryl methyl sites for hydroxylation is 1. The molecule has 120 valence electrons. The van der Waals surface area contributed by atoms with Crippen LogP contribution in [0.25, 0.3) is 0 Å². The molecular weight excluding hydrogens is 282 g/mol. The van der Waals surface area contributed by atoms with E-state index in [-0.39, 0.29) is 11.6 Å². The highest BCUT2D eigenvalue weighted by atomic mass is 32.1. The number of aromatic nitrogens is 1. The lowest BCUT2D eigenvalue weighted by Gasteiger charge is -2.32. The third-order valence-corrected chi connectivity index (χ3v) is 5.56. The van der Waals surface area contributed by atoms with E-state index < -0.39 is 0 Å². The first-order valence-electron chi connectivity index (χ1n) is 7.95. The van der Waals surface area contributed by atoms with Gasteiger partial charge in [0.05, 0.1) is 11.6 Å². The molecule has 0 aliphatic carbocycles. The molecule has 0 saturated carbocycles. The minimum atomic E-state index is -0.321. The topological polar surface area (TPSA) is 48.4 Å². The van der Waals surface area contributed by atoms with Gasteiger partial charge in [-0.05, 0) is 52.6 Å². The van der Waals surface area contributed by atoms with Crippen molar-refractivity contribution in [3.63, 3.8) is 0 Å². The van der Waals surface area contributed by atoms with E-state index in [2.05, 4.69) is 41.4 Å². The molecule has 1 atom stereocenters. The normalized spacial score (nSPS) is 19.9. The molecule has 4 nitrogen and oxygen atoms in total. The summed E-state index contributed by atoms with van der Waals surface area (Å²) in [5.41, 5.74) is 0.879. The van der Waals surface area contributed by atoms with Gasteiger partial charge in [-0.2, -0.15) is 0 Å². The van der Waals surface area contributed by atoms with Crippen LogP contribution in [0.3, 0.4) is 0 Å². The molecule has 1 unspecified atom stereocenters. The van der Waals surface area contributed by atoms with Crippen molar-refractivity contribution in [2.45, 2.75) is 52.2 Å². The van der Waals surface area contributed by atoms with Crippen LogP contribution in [-0.4, -0.2) is 47.3 Å². The lowest BCUT2D eigenvalue weighted by atomic mass is 9.99. The van der Waals surface area contributed by atoms with E-state index in [1.165, 1.54) is 12.8 Å². The maximum atomic E-state index is 10.3. The van der Waals surface area contributed by atoms with Crippen molar-refractivity contribution >= 4 is 11.3 Å². The molecule has 1 fully saturated rings. The molecule has 1 aromatic heterocycles. The Morgan fingerprint density at radius 2 is 2.14 bits per heavy atom. The molecule has 1 aliphatic rings. The number of nitrogens with one attached hydrogen (secondary N) is 1. The van der Waals surface area contributed by atoms with Crippen LogP contribution in [0.5, 0.6) is 0 Å². The van der Waals surface area contributed by atoms with E-state index in [9.17, 15) is 5.11 Å². The number of thiazole rings is 1. The Morgan fingerprint density at radius 3 is 2.71 bits per heavy atom. The number of aliphatic hydroxyl groups is 1. The van der Waals surface area contributed by atoms with Crippen molar-refractivity contribution in [3.05, 3.63) is 16.1 Å². The maximum absolute atomic E-state index is 10.3. The number of likely N-dealkylation sites (tertiary alicyclic amines) is 1. The standard InChI is InChI=1S/C16H29N3OS/c1-12-5-7-19(8-6-12)10-14(20)9-17-16(3,4)15-18-13(2)11-21-15/h11-12,14,17,20H,5-10H2,1-4H3. The molecular formula is C16H29N3OS. The highest BCUT2D eigenvalue weighted by molar-refractivity contribution is 7.09. The van der Waals surface area contributed by atoms with Crippen molar-refractivity contribution < 1.29 is 5.11 Å². The largest absolute Gasteiger partial charge is 0.390 e. The highest BCUT2D eigenvalue weighted by Crippen LogP contribution is 2.23. The fourth-order valence-electron chi connectivity index (χ4n) is 2.70. The van der Waals surface area contributed by atoms with Gasteiger partial charge in [-0.25, -0.2) is 4.98 Å². The Morgan fingerprint density at radius 1 is 1.48 bits per heavy atom. The Hall–Kier alpha value is -0.490. The summed E-state index contributed by atoms with van der Waals surface area (Å²) in [5.74, 6) is 0.837. The maximum Gasteiger partial charge on any atom is 0.112 e. The van der Waals surface area contributed by atoms with Crippen LogP contribution < -0.4 is 5.32 Å². The van der Waals surface area contributed by atoms with Gasteiger partial charge in [0.15, 0.2) is 0 Å². The fraction of sp³-hybridized carbons (Fsp3) is 0.812. The van der Waals surface area contributed by atoms with Crippen molar-refractivity contribution in [2.75, 3.05) is 26.2 Å². The van der Waals surface area contributed by atoms with Gasteiger partial charge >= 0.3 is 0 Å². The number of hydrogen-bond acceptors (Lipinski definition) is 5. The molecule has 0 spiro atoms. The Labute approximate surface area is 132 Å². The molecule has 5 heteroatoms. The predicted molar refractivity (Wildman–Crippen MR) is 88.7 cm³/mol. The summed E-state index contributed by atoms with van der Waals surface area (Å²) < 4.78 is 0. The second-order valence-electron chi connectivity index (χ2n) is 6.94. The number of piperidine rings is 1. The second-order valence-corrected chi connectivity index (χ2v) is 7.79. The summed E-state index contributed by atoms with van der Waals surface area (Å²) in [6.07, 6.45) is 2.19. The first kappa shape index (κ1) is 16.9. The molecule has 2 rings (SSSR count). The summed E-state index contributed by atoms with van der Waals surface area (Å²) in [5, 5.41) is 16.9. The van der Waals surface area contributed by atoms with E-state index in [1.54, 1.807) is 11.3 Å². The average Bonchev–Trinajstić information content (AvgIpc) is 2.87. The second kappa shape index (κ2) is 7.18. The molecule has 0 radical (unpaired) electrons. The first-order chi connectivity index (χ1) is 9.87. The summed E-state index contributed by atoms with van der Waals surface area (Å²) in [7, 11) is 0. The Balaban J connectivity index is 1.76. The zero-order valence-corrected chi connectivity index (χ0v) is 14.5. The summed E-state index contributed by atoms with van der Waals surface area (Å²) in [4.78, 5) is 6.93. The minimum Gasteiger partial charge on any atom is -0.390 e. The molecule has 0 amide bonds. The number of aliphatic hydroxyl groups excluding tert-OH is 1. The predicted octanol–water partition coefficient (Wildman–Crippen LogP) is 2.37. The zero-order valence-electron chi connectivity index (χ0n) is 13.7. The fourth-order valence-corrected chi connectivity index (χ4v) is 3.60. The minimum absolute atomic E-state index is 0.184. The van der Waals surface area contributed by atoms with Gasteiger partial charge in [0.2, 0.25) is 0 Å². The van der Waals surface area contributed by atoms with Crippen molar-refractivity contribution in [1.29, 1.82) is 0 Å². The van der Waals surface area contributed by atoms with E-state index >= 15 is 0 Å². The number of nitrogens with zero attached hydrogens (tertiary/aromatic N) is 2. The van der Waals surface area contributed by atoms with Gasteiger partial charge in [0, 0.05) is 24.2 Å². The average molecular weight is 311 g/mol. The Kier molecular flexibility index (Phi) is 5.77. The van der Waals surface area contributed by atoms with Gasteiger partial charge in [-0.3, -0.25) is 0 Å². The van der Waals surface area contributed by atoms with E-state index in [0.29, 0.717) is 6.54 Å². The van der Waals surface area contributed by atoms with Gasteiger partial charge < -0.3 is 15.3 Å². The van der Waals surface area contributed by atoms with E-state index in [0.717, 1.165) is 36.3 Å². The number of hydrogen-bond donors (Lipinski definition) is 2. The van der Waals surface area contributed by atoms with Gasteiger partial charge in [0.25, 0.3) is 0 Å². The van der Waals surface area contributed by atoms with Crippen LogP contribution in [-0.2, 0) is 5.54 Å². The molecule has 2 N–H and O–H groups in total. The van der Waals surface area contributed by atoms with Crippen LogP contribution in [0.4, 0.5) is 0 Å². The van der Waals surface area contributed by atoms with Crippen molar-refractivity contribution in [1.82, 2.24) is 15.2 Å². The highest BCUT2D eigenvalue weighted by Gasteiger charge is 2.25. The van der Waals surface area contributed by atoms with E-state index in [1.807, 2.05) is 6.92 Å². The number of rotatable bonds is 6. The third-order valence-electron chi connectivity index (χ3n) is 4.28. The third kappa shape index (κ3) is 5.02. The first-order valence-corrected chi connectivity index (χ1v) is 8.83. The molecule has 0 bridgehead atoms. The molecule has 2 heterocycles. The monoisotopic (exact) mass is 311 g/mol. The van der Waals surface area contributed by atoms with Gasteiger partial charge in [0.1, 0.15) is 5.01 Å². The SMILES string of the molecule is Cc1csc(C(C)(C)NCC(O)CN2CCC(C)CC2)n1. The van der Waals surface area contributed by atoms with Crippen LogP contribution in [0.2, 0.25) is 0 Å². The lowest BCUT2D eigenvalue weighted by Crippen LogP contribution is -2.46. The van der Waals surface area contributed by atoms with Gasteiger partial charge in [-0.1, -0.05) is 6.92 Å². The van der Waals surface area contributed by atoms with Gasteiger partial charge in [-0.15, -0.1) is 11.3 Å². The van der Waals surface area contributed by atoms with Crippen LogP contribution in [0.15, 0.2) is 5.38 Å². The molecule has 1 aromatic rings. The molecule has 21 heavy (non-hydrogen) atoms.